The van der Waals surface area contributed by atoms with Gasteiger partial charge in [0.15, 0.2) is 0 Å². The Hall–Kier alpha value is -3.55. The third kappa shape index (κ3) is 4.22. The summed E-state index contributed by atoms with van der Waals surface area (Å²) < 4.78 is 5.45. The van der Waals surface area contributed by atoms with Crippen molar-refractivity contribution in [2.24, 2.45) is 5.73 Å². The first kappa shape index (κ1) is 19.2. The van der Waals surface area contributed by atoms with Crippen LogP contribution in [0.25, 0.3) is 0 Å². The van der Waals surface area contributed by atoms with Crippen LogP contribution in [0.15, 0.2) is 48.5 Å². The van der Waals surface area contributed by atoms with Crippen molar-refractivity contribution < 1.29 is 19.1 Å². The van der Waals surface area contributed by atoms with Crippen molar-refractivity contribution in [3.63, 3.8) is 0 Å². The van der Waals surface area contributed by atoms with Crippen LogP contribution in [0.1, 0.15) is 24.4 Å². The molecule has 0 radical (unpaired) electrons. The molecule has 4 N–H and O–H groups in total. The van der Waals surface area contributed by atoms with E-state index in [4.69, 9.17) is 10.5 Å². The fourth-order valence-electron chi connectivity index (χ4n) is 3.20. The van der Waals surface area contributed by atoms with Crippen LogP contribution in [0.3, 0.4) is 0 Å². The summed E-state index contributed by atoms with van der Waals surface area (Å²) in [5, 5.41) is 5.21. The van der Waals surface area contributed by atoms with Crippen molar-refractivity contribution in [3.05, 3.63) is 54.1 Å². The molecule has 1 atom stereocenters. The van der Waals surface area contributed by atoms with Crippen molar-refractivity contribution in [2.75, 3.05) is 23.9 Å². The molecule has 8 heteroatoms. The number of hydrogen-bond donors (Lipinski definition) is 3. The van der Waals surface area contributed by atoms with E-state index in [0.717, 1.165) is 6.42 Å². The summed E-state index contributed by atoms with van der Waals surface area (Å²) in [7, 11) is 1.53. The zero-order valence-corrected chi connectivity index (χ0v) is 15.5. The number of benzene rings is 2. The molecule has 0 aliphatic carbocycles. The number of methoxy groups -OCH3 is 1. The van der Waals surface area contributed by atoms with Crippen LogP contribution in [0.5, 0.6) is 5.75 Å². The Labute approximate surface area is 162 Å². The SMILES string of the molecule is COc1cc(NC(C(=O)NC(N)=O)c2ccccc2)ccc1N1CCCC1=O. The highest BCUT2D eigenvalue weighted by molar-refractivity contribution is 5.99. The largest absolute Gasteiger partial charge is 0.494 e. The minimum Gasteiger partial charge on any atom is -0.494 e. The molecule has 8 nitrogen and oxygen atoms in total. The Bertz CT molecular complexity index is 885. The van der Waals surface area contributed by atoms with Gasteiger partial charge in [-0.3, -0.25) is 14.9 Å². The smallest absolute Gasteiger partial charge is 0.318 e. The molecule has 1 fully saturated rings. The number of amides is 4. The van der Waals surface area contributed by atoms with Gasteiger partial charge in [-0.1, -0.05) is 30.3 Å². The van der Waals surface area contributed by atoms with E-state index in [1.807, 2.05) is 6.07 Å². The number of anilines is 2. The monoisotopic (exact) mass is 382 g/mol. The van der Waals surface area contributed by atoms with E-state index >= 15 is 0 Å². The highest BCUT2D eigenvalue weighted by Gasteiger charge is 2.26. The van der Waals surface area contributed by atoms with Crippen LogP contribution in [0.4, 0.5) is 16.2 Å². The van der Waals surface area contributed by atoms with E-state index in [2.05, 4.69) is 10.6 Å². The third-order valence-corrected chi connectivity index (χ3v) is 4.50. The second kappa shape index (κ2) is 8.43. The second-order valence-electron chi connectivity index (χ2n) is 6.38. The number of imide groups is 1. The zero-order valence-electron chi connectivity index (χ0n) is 15.5. The Balaban J connectivity index is 1.89. The quantitative estimate of drug-likeness (QED) is 0.708. The predicted molar refractivity (Wildman–Crippen MR) is 105 cm³/mol. The molecule has 146 valence electrons. The standard InChI is InChI=1S/C20H22N4O4/c1-28-16-12-14(9-10-15(16)24-11-5-8-17(24)25)22-18(19(26)23-20(21)27)13-6-3-2-4-7-13/h2-4,6-7,9-10,12,18,22H,5,8,11H2,1H3,(H3,21,23,26,27). The van der Waals surface area contributed by atoms with Gasteiger partial charge in [0.2, 0.25) is 5.91 Å². The fourth-order valence-corrected chi connectivity index (χ4v) is 3.20. The minimum atomic E-state index is -0.923. The van der Waals surface area contributed by atoms with E-state index in [9.17, 15) is 14.4 Å². The third-order valence-electron chi connectivity index (χ3n) is 4.50. The van der Waals surface area contributed by atoms with Gasteiger partial charge in [-0.15, -0.1) is 0 Å². The number of nitrogens with zero attached hydrogens (tertiary/aromatic N) is 1. The summed E-state index contributed by atoms with van der Waals surface area (Å²) in [6.07, 6.45) is 1.33. The van der Waals surface area contributed by atoms with Gasteiger partial charge >= 0.3 is 6.03 Å². The molecular weight excluding hydrogens is 360 g/mol. The number of rotatable bonds is 6. The van der Waals surface area contributed by atoms with Crippen molar-refractivity contribution >= 4 is 29.2 Å². The van der Waals surface area contributed by atoms with E-state index in [1.54, 1.807) is 47.4 Å². The molecule has 1 unspecified atom stereocenters. The summed E-state index contributed by atoms with van der Waals surface area (Å²) in [4.78, 5) is 37.3. The van der Waals surface area contributed by atoms with Crippen LogP contribution >= 0.6 is 0 Å². The summed E-state index contributed by atoms with van der Waals surface area (Å²) in [5.74, 6) is 0.000780. The molecular formula is C20H22N4O4. The molecule has 1 aliphatic rings. The van der Waals surface area contributed by atoms with Gasteiger partial charge in [0.1, 0.15) is 11.8 Å². The van der Waals surface area contributed by atoms with Gasteiger partial charge in [0.05, 0.1) is 12.8 Å². The summed E-state index contributed by atoms with van der Waals surface area (Å²) in [6.45, 7) is 0.648. The van der Waals surface area contributed by atoms with Crippen LogP contribution < -0.4 is 26.0 Å². The highest BCUT2D eigenvalue weighted by atomic mass is 16.5. The van der Waals surface area contributed by atoms with E-state index < -0.39 is 18.0 Å². The normalized spacial score (nSPS) is 14.5. The number of nitrogens with two attached hydrogens (primary N) is 1. The number of primary amides is 1. The van der Waals surface area contributed by atoms with Crippen LogP contribution in [0.2, 0.25) is 0 Å². The van der Waals surface area contributed by atoms with Crippen molar-refractivity contribution in [3.8, 4) is 5.75 Å². The number of ether oxygens (including phenoxy) is 1. The van der Waals surface area contributed by atoms with Gasteiger partial charge in [-0.05, 0) is 24.1 Å². The number of carbonyl (C=O) groups excluding carboxylic acids is 3. The lowest BCUT2D eigenvalue weighted by atomic mass is 10.1. The molecule has 0 bridgehead atoms. The van der Waals surface area contributed by atoms with Gasteiger partial charge in [-0.25, -0.2) is 4.79 Å². The Morgan fingerprint density at radius 2 is 1.93 bits per heavy atom. The molecule has 2 aromatic carbocycles. The first-order valence-electron chi connectivity index (χ1n) is 8.90. The number of carbonyl (C=O) groups is 3. The fraction of sp³-hybridized carbons (Fsp3) is 0.250. The first-order chi connectivity index (χ1) is 13.5. The molecule has 0 saturated carbocycles. The van der Waals surface area contributed by atoms with Crippen molar-refractivity contribution in [1.29, 1.82) is 0 Å². The van der Waals surface area contributed by atoms with Crippen molar-refractivity contribution in [1.82, 2.24) is 5.32 Å². The zero-order chi connectivity index (χ0) is 20.1. The van der Waals surface area contributed by atoms with Gasteiger partial charge < -0.3 is 20.7 Å². The highest BCUT2D eigenvalue weighted by Crippen LogP contribution is 2.34. The molecule has 1 heterocycles. The van der Waals surface area contributed by atoms with Crippen LogP contribution in [-0.4, -0.2) is 31.5 Å². The average Bonchev–Trinajstić information content (AvgIpc) is 3.11. The Morgan fingerprint density at radius 3 is 2.54 bits per heavy atom. The number of urea groups is 1. The molecule has 28 heavy (non-hydrogen) atoms. The summed E-state index contributed by atoms with van der Waals surface area (Å²) in [6, 6.07) is 12.5. The van der Waals surface area contributed by atoms with E-state index in [0.29, 0.717) is 35.7 Å². The molecule has 1 saturated heterocycles. The van der Waals surface area contributed by atoms with Gasteiger partial charge in [0.25, 0.3) is 5.91 Å². The number of nitrogens with one attached hydrogen (secondary N) is 2. The minimum absolute atomic E-state index is 0.0574. The predicted octanol–water partition coefficient (Wildman–Crippen LogP) is 2.17. The number of hydrogen-bond acceptors (Lipinski definition) is 5. The van der Waals surface area contributed by atoms with Crippen LogP contribution in [0, 0.1) is 0 Å². The molecule has 3 rings (SSSR count). The van der Waals surface area contributed by atoms with Gasteiger partial charge in [-0.2, -0.15) is 0 Å². The first-order valence-corrected chi connectivity index (χ1v) is 8.90. The maximum absolute atomic E-state index is 12.5. The van der Waals surface area contributed by atoms with E-state index in [-0.39, 0.29) is 5.91 Å². The molecule has 0 spiro atoms. The second-order valence-corrected chi connectivity index (χ2v) is 6.38. The Kier molecular flexibility index (Phi) is 5.78. The molecule has 2 aromatic rings. The topological polar surface area (TPSA) is 114 Å². The molecule has 4 amide bonds. The average molecular weight is 382 g/mol. The van der Waals surface area contributed by atoms with Gasteiger partial charge in [0, 0.05) is 24.7 Å². The maximum Gasteiger partial charge on any atom is 0.318 e. The maximum atomic E-state index is 12.5. The van der Waals surface area contributed by atoms with Crippen molar-refractivity contribution in [2.45, 2.75) is 18.9 Å². The lowest BCUT2D eigenvalue weighted by Gasteiger charge is -2.22. The van der Waals surface area contributed by atoms with Crippen LogP contribution in [-0.2, 0) is 9.59 Å². The van der Waals surface area contributed by atoms with E-state index in [1.165, 1.54) is 7.11 Å². The summed E-state index contributed by atoms with van der Waals surface area (Å²) in [5.41, 5.74) is 7.05. The summed E-state index contributed by atoms with van der Waals surface area (Å²) >= 11 is 0. The Morgan fingerprint density at radius 1 is 1.18 bits per heavy atom. The lowest BCUT2D eigenvalue weighted by molar-refractivity contribution is -0.121. The molecule has 1 aliphatic heterocycles. The molecule has 0 aromatic heterocycles. The lowest BCUT2D eigenvalue weighted by Crippen LogP contribution is -2.40.